The first-order chi connectivity index (χ1) is 8.45. The van der Waals surface area contributed by atoms with Crippen LogP contribution in [0.25, 0.3) is 0 Å². The van der Waals surface area contributed by atoms with E-state index in [4.69, 9.17) is 0 Å². The molecule has 6 nitrogen and oxygen atoms in total. The number of rotatable bonds is 7. The maximum atomic E-state index is 11.2. The molecular weight excluding hydrogens is 232 g/mol. The zero-order valence-corrected chi connectivity index (χ0v) is 11.6. The molecule has 0 spiro atoms. The van der Waals surface area contributed by atoms with Crippen LogP contribution in [0.5, 0.6) is 0 Å². The van der Waals surface area contributed by atoms with Gasteiger partial charge in [-0.2, -0.15) is 0 Å². The molecule has 0 aromatic carbocycles. The van der Waals surface area contributed by atoms with Crippen molar-refractivity contribution in [2.45, 2.75) is 12.8 Å². The van der Waals surface area contributed by atoms with Crippen molar-refractivity contribution in [1.82, 2.24) is 9.80 Å². The zero-order valence-electron chi connectivity index (χ0n) is 11.6. The Morgan fingerprint density at radius 3 is 1.44 bits per heavy atom. The predicted octanol–water partition coefficient (Wildman–Crippen LogP) is 0.0846. The molecule has 0 aromatic heterocycles. The molecule has 0 aliphatic rings. The molecule has 0 aromatic rings. The van der Waals surface area contributed by atoms with Crippen molar-refractivity contribution in [2.24, 2.45) is 9.98 Å². The summed E-state index contributed by atoms with van der Waals surface area (Å²) in [5, 5.41) is 0. The molecular formula is C12H22N4O2. The van der Waals surface area contributed by atoms with Gasteiger partial charge in [-0.15, -0.1) is 0 Å². The summed E-state index contributed by atoms with van der Waals surface area (Å²) in [5.41, 5.74) is 0. The van der Waals surface area contributed by atoms with Crippen LogP contribution in [0.1, 0.15) is 12.8 Å². The Labute approximate surface area is 108 Å². The van der Waals surface area contributed by atoms with Crippen LogP contribution in [0, 0.1) is 0 Å². The van der Waals surface area contributed by atoms with Gasteiger partial charge in [0.2, 0.25) is 11.8 Å². The Balaban J connectivity index is 3.62. The monoisotopic (exact) mass is 254 g/mol. The van der Waals surface area contributed by atoms with Crippen molar-refractivity contribution in [1.29, 1.82) is 0 Å². The summed E-state index contributed by atoms with van der Waals surface area (Å²) in [7, 11) is 6.84. The molecule has 0 heterocycles. The second-order valence-corrected chi connectivity index (χ2v) is 4.16. The molecule has 0 rings (SSSR count). The normalized spacial score (nSPS) is 11.1. The fourth-order valence-electron chi connectivity index (χ4n) is 0.948. The Bertz CT molecular complexity index is 290. The lowest BCUT2D eigenvalue weighted by Crippen LogP contribution is -2.21. The standard InChI is InChI=1S/C12H22N4O2/c1-15(2)11(17)5-7-13-9-10-14-8-6-12(18)16(3)4/h7-8H,5-6,9-10H2,1-4H3/b13-7+,14-8+. The first-order valence-electron chi connectivity index (χ1n) is 5.82. The van der Waals surface area contributed by atoms with E-state index in [0.717, 1.165) is 0 Å². The fourth-order valence-corrected chi connectivity index (χ4v) is 0.948. The van der Waals surface area contributed by atoms with E-state index in [9.17, 15) is 9.59 Å². The Kier molecular flexibility index (Phi) is 8.43. The highest BCUT2D eigenvalue weighted by Crippen LogP contribution is 1.85. The summed E-state index contributed by atoms with van der Waals surface area (Å²) in [6, 6.07) is 0. The summed E-state index contributed by atoms with van der Waals surface area (Å²) >= 11 is 0. The third-order valence-corrected chi connectivity index (χ3v) is 2.15. The van der Waals surface area contributed by atoms with Gasteiger partial charge in [0.15, 0.2) is 0 Å². The van der Waals surface area contributed by atoms with Gasteiger partial charge in [-0.05, 0) is 0 Å². The molecule has 2 amide bonds. The van der Waals surface area contributed by atoms with Crippen LogP contribution < -0.4 is 0 Å². The number of hydrogen-bond donors (Lipinski definition) is 0. The number of nitrogens with zero attached hydrogens (tertiary/aromatic N) is 4. The highest BCUT2D eigenvalue weighted by atomic mass is 16.2. The lowest BCUT2D eigenvalue weighted by atomic mass is 10.4. The van der Waals surface area contributed by atoms with Gasteiger partial charge in [0.25, 0.3) is 0 Å². The second-order valence-electron chi connectivity index (χ2n) is 4.16. The quantitative estimate of drug-likeness (QED) is 0.477. The van der Waals surface area contributed by atoms with Gasteiger partial charge in [-0.1, -0.05) is 0 Å². The number of carbonyl (C=O) groups is 2. The summed E-state index contributed by atoms with van der Waals surface area (Å²) in [5.74, 6) is 0.0534. The van der Waals surface area contributed by atoms with Crippen molar-refractivity contribution in [3.8, 4) is 0 Å². The number of amides is 2. The van der Waals surface area contributed by atoms with Crippen LogP contribution >= 0.6 is 0 Å². The largest absolute Gasteiger partial charge is 0.349 e. The van der Waals surface area contributed by atoms with Crippen molar-refractivity contribution in [2.75, 3.05) is 41.3 Å². The summed E-state index contributed by atoms with van der Waals surface area (Å²) in [6.07, 6.45) is 3.83. The highest BCUT2D eigenvalue weighted by Gasteiger charge is 2.00. The van der Waals surface area contributed by atoms with E-state index in [0.29, 0.717) is 25.9 Å². The van der Waals surface area contributed by atoms with E-state index in [2.05, 4.69) is 9.98 Å². The topological polar surface area (TPSA) is 65.3 Å². The average Bonchev–Trinajstić information content (AvgIpc) is 2.31. The molecule has 102 valence electrons. The van der Waals surface area contributed by atoms with E-state index < -0.39 is 0 Å². The molecule has 18 heavy (non-hydrogen) atoms. The molecule has 0 saturated carbocycles. The molecule has 0 atom stereocenters. The highest BCUT2D eigenvalue weighted by molar-refractivity contribution is 5.90. The molecule has 0 saturated heterocycles. The Morgan fingerprint density at radius 1 is 0.833 bits per heavy atom. The Morgan fingerprint density at radius 2 is 1.17 bits per heavy atom. The first-order valence-corrected chi connectivity index (χ1v) is 5.82. The molecule has 6 heteroatoms. The zero-order chi connectivity index (χ0) is 14.0. The Hall–Kier alpha value is -1.72. The van der Waals surface area contributed by atoms with E-state index in [1.54, 1.807) is 40.6 Å². The van der Waals surface area contributed by atoms with Crippen LogP contribution in [0.4, 0.5) is 0 Å². The van der Waals surface area contributed by atoms with Crippen molar-refractivity contribution < 1.29 is 9.59 Å². The second kappa shape index (κ2) is 9.32. The fraction of sp³-hybridized carbons (Fsp3) is 0.667. The predicted molar refractivity (Wildman–Crippen MR) is 73.3 cm³/mol. The average molecular weight is 254 g/mol. The summed E-state index contributed by atoms with van der Waals surface area (Å²) in [6.45, 7) is 1.07. The first kappa shape index (κ1) is 16.3. The number of hydrogen-bond acceptors (Lipinski definition) is 4. The molecule has 0 N–H and O–H groups in total. The molecule has 0 aliphatic carbocycles. The van der Waals surface area contributed by atoms with Crippen molar-refractivity contribution >= 4 is 24.2 Å². The van der Waals surface area contributed by atoms with Gasteiger partial charge in [0.05, 0.1) is 25.9 Å². The minimum Gasteiger partial charge on any atom is -0.349 e. The third-order valence-electron chi connectivity index (χ3n) is 2.15. The minimum atomic E-state index is 0.0267. The maximum Gasteiger partial charge on any atom is 0.227 e. The molecule has 0 radical (unpaired) electrons. The van der Waals surface area contributed by atoms with E-state index in [1.165, 1.54) is 9.80 Å². The van der Waals surface area contributed by atoms with Gasteiger partial charge in [0, 0.05) is 40.6 Å². The lowest BCUT2D eigenvalue weighted by molar-refractivity contribution is -0.128. The van der Waals surface area contributed by atoms with E-state index in [-0.39, 0.29) is 11.8 Å². The molecule has 0 fully saturated rings. The SMILES string of the molecule is CN(C)C(=O)C/C=N/CC/N=C/CC(=O)N(C)C. The maximum absolute atomic E-state index is 11.2. The molecule has 0 unspecified atom stereocenters. The molecule has 0 aliphatic heterocycles. The molecule has 0 bridgehead atoms. The van der Waals surface area contributed by atoms with Gasteiger partial charge < -0.3 is 9.80 Å². The van der Waals surface area contributed by atoms with Gasteiger partial charge in [0.1, 0.15) is 0 Å². The number of carbonyl (C=O) groups excluding carboxylic acids is 2. The van der Waals surface area contributed by atoms with Gasteiger partial charge >= 0.3 is 0 Å². The van der Waals surface area contributed by atoms with Gasteiger partial charge in [-0.25, -0.2) is 0 Å². The third kappa shape index (κ3) is 8.43. The minimum absolute atomic E-state index is 0.0267. The van der Waals surface area contributed by atoms with Crippen molar-refractivity contribution in [3.63, 3.8) is 0 Å². The summed E-state index contributed by atoms with van der Waals surface area (Å²) in [4.78, 5) is 33.5. The van der Waals surface area contributed by atoms with Crippen molar-refractivity contribution in [3.05, 3.63) is 0 Å². The van der Waals surface area contributed by atoms with E-state index in [1.807, 2.05) is 0 Å². The van der Waals surface area contributed by atoms with E-state index >= 15 is 0 Å². The summed E-state index contributed by atoms with van der Waals surface area (Å²) < 4.78 is 0. The smallest absolute Gasteiger partial charge is 0.227 e. The van der Waals surface area contributed by atoms with Crippen LogP contribution in [0.15, 0.2) is 9.98 Å². The van der Waals surface area contributed by atoms with Crippen LogP contribution in [-0.2, 0) is 9.59 Å². The lowest BCUT2D eigenvalue weighted by Gasteiger charge is -2.06. The van der Waals surface area contributed by atoms with Crippen LogP contribution in [-0.4, -0.2) is 75.3 Å². The van der Waals surface area contributed by atoms with Crippen LogP contribution in [0.3, 0.4) is 0 Å². The van der Waals surface area contributed by atoms with Crippen LogP contribution in [0.2, 0.25) is 0 Å². The van der Waals surface area contributed by atoms with Gasteiger partial charge in [-0.3, -0.25) is 19.6 Å². The number of aliphatic imine (C=N–C) groups is 2.